The van der Waals surface area contributed by atoms with Gasteiger partial charge in [0.1, 0.15) is 0 Å². The fourth-order valence-electron chi connectivity index (χ4n) is 1.90. The Bertz CT molecular complexity index is 448. The molecule has 1 unspecified atom stereocenters. The van der Waals surface area contributed by atoms with E-state index in [9.17, 15) is 4.79 Å². The van der Waals surface area contributed by atoms with E-state index in [4.69, 9.17) is 9.47 Å². The summed E-state index contributed by atoms with van der Waals surface area (Å²) >= 11 is 0. The lowest BCUT2D eigenvalue weighted by molar-refractivity contribution is -0.141. The fourth-order valence-corrected chi connectivity index (χ4v) is 1.90. The number of carbonyl (C=O) groups excluding carboxylic acids is 1. The molecule has 0 aliphatic carbocycles. The minimum absolute atomic E-state index is 0.218. The van der Waals surface area contributed by atoms with Gasteiger partial charge in [-0.25, -0.2) is 0 Å². The molecule has 1 aromatic carbocycles. The summed E-state index contributed by atoms with van der Waals surface area (Å²) in [7, 11) is 2.97. The first-order valence-electron chi connectivity index (χ1n) is 7.23. The highest BCUT2D eigenvalue weighted by Crippen LogP contribution is 2.30. The lowest BCUT2D eigenvalue weighted by Gasteiger charge is -2.16. The van der Waals surface area contributed by atoms with Gasteiger partial charge in [0.05, 0.1) is 27.2 Å². The standard InChI is InChI=1S/C16H25NO4/c1-5-9-17-12(2)13-6-7-14(15(11-13)19-3)21-10-8-16(18)20-4/h6-7,11-12,17H,5,8-10H2,1-4H3. The average molecular weight is 295 g/mol. The molecule has 1 atom stereocenters. The largest absolute Gasteiger partial charge is 0.493 e. The number of hydrogen-bond acceptors (Lipinski definition) is 5. The number of nitrogens with one attached hydrogen (secondary N) is 1. The van der Waals surface area contributed by atoms with Crippen molar-refractivity contribution in [1.82, 2.24) is 5.32 Å². The molecule has 5 heteroatoms. The third-order valence-corrected chi connectivity index (χ3v) is 3.18. The van der Waals surface area contributed by atoms with E-state index >= 15 is 0 Å². The van der Waals surface area contributed by atoms with Crippen molar-refractivity contribution >= 4 is 5.97 Å². The van der Waals surface area contributed by atoms with Crippen molar-refractivity contribution in [2.24, 2.45) is 0 Å². The average Bonchev–Trinajstić information content (AvgIpc) is 2.52. The summed E-state index contributed by atoms with van der Waals surface area (Å²) in [5, 5.41) is 3.43. The molecule has 5 nitrogen and oxygen atoms in total. The van der Waals surface area contributed by atoms with Gasteiger partial charge in [-0.1, -0.05) is 13.0 Å². The molecule has 1 N–H and O–H groups in total. The maximum Gasteiger partial charge on any atom is 0.308 e. The van der Waals surface area contributed by atoms with Crippen molar-refractivity contribution in [3.8, 4) is 11.5 Å². The molecule has 0 saturated heterocycles. The predicted molar refractivity (Wildman–Crippen MR) is 81.8 cm³/mol. The molecule has 21 heavy (non-hydrogen) atoms. The normalized spacial score (nSPS) is 11.8. The van der Waals surface area contributed by atoms with Gasteiger partial charge in [-0.2, -0.15) is 0 Å². The molecule has 0 bridgehead atoms. The zero-order valence-electron chi connectivity index (χ0n) is 13.3. The second-order valence-electron chi connectivity index (χ2n) is 4.76. The second-order valence-corrected chi connectivity index (χ2v) is 4.76. The van der Waals surface area contributed by atoms with Gasteiger partial charge in [-0.15, -0.1) is 0 Å². The van der Waals surface area contributed by atoms with Gasteiger partial charge in [-0.05, 0) is 37.6 Å². The highest BCUT2D eigenvalue weighted by atomic mass is 16.5. The molecular formula is C16H25NO4. The Morgan fingerprint density at radius 1 is 1.29 bits per heavy atom. The van der Waals surface area contributed by atoms with Crippen molar-refractivity contribution in [3.63, 3.8) is 0 Å². The number of esters is 1. The van der Waals surface area contributed by atoms with Crippen LogP contribution >= 0.6 is 0 Å². The van der Waals surface area contributed by atoms with Gasteiger partial charge in [0, 0.05) is 6.04 Å². The van der Waals surface area contributed by atoms with Crippen LogP contribution in [0.5, 0.6) is 11.5 Å². The summed E-state index contributed by atoms with van der Waals surface area (Å²) < 4.78 is 15.5. The monoisotopic (exact) mass is 295 g/mol. The lowest BCUT2D eigenvalue weighted by Crippen LogP contribution is -2.19. The molecule has 0 saturated carbocycles. The molecule has 0 heterocycles. The van der Waals surface area contributed by atoms with Crippen LogP contribution in [0.4, 0.5) is 0 Å². The third-order valence-electron chi connectivity index (χ3n) is 3.18. The molecule has 0 aliphatic rings. The molecule has 0 radical (unpaired) electrons. The minimum Gasteiger partial charge on any atom is -0.493 e. The lowest BCUT2D eigenvalue weighted by atomic mass is 10.1. The van der Waals surface area contributed by atoms with Gasteiger partial charge in [0.15, 0.2) is 11.5 Å². The van der Waals surface area contributed by atoms with Gasteiger partial charge < -0.3 is 19.5 Å². The molecule has 0 spiro atoms. The Morgan fingerprint density at radius 2 is 2.05 bits per heavy atom. The Balaban J connectivity index is 2.67. The minimum atomic E-state index is -0.289. The van der Waals surface area contributed by atoms with E-state index in [0.29, 0.717) is 11.5 Å². The van der Waals surface area contributed by atoms with Crippen LogP contribution in [0.2, 0.25) is 0 Å². The van der Waals surface area contributed by atoms with Crippen molar-refractivity contribution < 1.29 is 19.0 Å². The number of benzene rings is 1. The van der Waals surface area contributed by atoms with Crippen molar-refractivity contribution in [3.05, 3.63) is 23.8 Å². The third kappa shape index (κ3) is 5.63. The Labute approximate surface area is 126 Å². The number of hydrogen-bond donors (Lipinski definition) is 1. The number of rotatable bonds is 9. The first-order valence-corrected chi connectivity index (χ1v) is 7.23. The Kier molecular flexibility index (Phi) is 7.61. The predicted octanol–water partition coefficient (Wildman–Crippen LogP) is 2.70. The van der Waals surface area contributed by atoms with Gasteiger partial charge in [-0.3, -0.25) is 4.79 Å². The van der Waals surface area contributed by atoms with E-state index in [-0.39, 0.29) is 25.0 Å². The smallest absolute Gasteiger partial charge is 0.308 e. The SMILES string of the molecule is CCCNC(C)c1ccc(OCCC(=O)OC)c(OC)c1. The number of methoxy groups -OCH3 is 2. The summed E-state index contributed by atoms with van der Waals surface area (Å²) in [6.45, 7) is 5.49. The van der Waals surface area contributed by atoms with Gasteiger partial charge in [0.25, 0.3) is 0 Å². The molecule has 1 rings (SSSR count). The van der Waals surface area contributed by atoms with E-state index in [2.05, 4.69) is 23.9 Å². The van der Waals surface area contributed by atoms with Crippen LogP contribution in [-0.4, -0.2) is 33.3 Å². The molecule has 0 amide bonds. The highest BCUT2D eigenvalue weighted by molar-refractivity contribution is 5.69. The quantitative estimate of drug-likeness (QED) is 0.710. The van der Waals surface area contributed by atoms with E-state index in [1.54, 1.807) is 7.11 Å². The molecule has 1 aromatic rings. The first-order chi connectivity index (χ1) is 10.1. The molecular weight excluding hydrogens is 270 g/mol. The topological polar surface area (TPSA) is 56.8 Å². The van der Waals surface area contributed by atoms with Crippen molar-refractivity contribution in [2.45, 2.75) is 32.7 Å². The molecule has 118 valence electrons. The fraction of sp³-hybridized carbons (Fsp3) is 0.562. The number of carbonyl (C=O) groups is 1. The van der Waals surface area contributed by atoms with E-state index < -0.39 is 0 Å². The highest BCUT2D eigenvalue weighted by Gasteiger charge is 2.11. The second kappa shape index (κ2) is 9.23. The van der Waals surface area contributed by atoms with E-state index in [1.807, 2.05) is 18.2 Å². The summed E-state index contributed by atoms with van der Waals surface area (Å²) in [6.07, 6.45) is 1.31. The zero-order chi connectivity index (χ0) is 15.7. The van der Waals surface area contributed by atoms with Crippen LogP contribution in [0, 0.1) is 0 Å². The van der Waals surface area contributed by atoms with Crippen molar-refractivity contribution in [2.75, 3.05) is 27.4 Å². The first kappa shape index (κ1) is 17.3. The number of ether oxygens (including phenoxy) is 3. The van der Waals surface area contributed by atoms with Crippen LogP contribution in [0.1, 0.15) is 38.3 Å². The molecule has 0 aromatic heterocycles. The van der Waals surface area contributed by atoms with Crippen LogP contribution in [0.25, 0.3) is 0 Å². The summed E-state index contributed by atoms with van der Waals surface area (Å²) in [5.74, 6) is 1.01. The van der Waals surface area contributed by atoms with Gasteiger partial charge >= 0.3 is 5.97 Å². The summed E-state index contributed by atoms with van der Waals surface area (Å²) in [6, 6.07) is 6.09. The van der Waals surface area contributed by atoms with Crippen LogP contribution < -0.4 is 14.8 Å². The van der Waals surface area contributed by atoms with Crippen LogP contribution in [0.3, 0.4) is 0 Å². The van der Waals surface area contributed by atoms with Crippen LogP contribution in [0.15, 0.2) is 18.2 Å². The van der Waals surface area contributed by atoms with E-state index in [0.717, 1.165) is 18.5 Å². The maximum absolute atomic E-state index is 11.1. The van der Waals surface area contributed by atoms with Crippen molar-refractivity contribution in [1.29, 1.82) is 0 Å². The Hall–Kier alpha value is -1.75. The van der Waals surface area contributed by atoms with E-state index in [1.165, 1.54) is 7.11 Å². The van der Waals surface area contributed by atoms with Crippen LogP contribution in [-0.2, 0) is 9.53 Å². The summed E-state index contributed by atoms with van der Waals surface area (Å²) in [4.78, 5) is 11.1. The zero-order valence-corrected chi connectivity index (χ0v) is 13.3. The Morgan fingerprint density at radius 3 is 2.67 bits per heavy atom. The molecule has 0 aliphatic heterocycles. The van der Waals surface area contributed by atoms with Gasteiger partial charge in [0.2, 0.25) is 0 Å². The maximum atomic E-state index is 11.1. The summed E-state index contributed by atoms with van der Waals surface area (Å²) in [5.41, 5.74) is 1.14. The molecule has 0 fully saturated rings.